The Morgan fingerprint density at radius 1 is 0.971 bits per heavy atom. The van der Waals surface area contributed by atoms with Gasteiger partial charge in [0, 0.05) is 42.0 Å². The number of hydrogen-bond acceptors (Lipinski definition) is 8. The Hall–Kier alpha value is -4.60. The van der Waals surface area contributed by atoms with E-state index in [-0.39, 0.29) is 11.5 Å². The second-order valence-electron chi connectivity index (χ2n) is 8.43. The Labute approximate surface area is 201 Å². The molecular weight excluding hydrogens is 442 g/mol. The van der Waals surface area contributed by atoms with Crippen LogP contribution in [0, 0.1) is 13.8 Å². The van der Waals surface area contributed by atoms with Gasteiger partial charge in [-0.25, -0.2) is 19.9 Å². The third-order valence-electron chi connectivity index (χ3n) is 5.86. The number of aryl methyl sites for hydroxylation is 2. The molecule has 0 saturated carbocycles. The molecule has 0 fully saturated rings. The predicted molar refractivity (Wildman–Crippen MR) is 134 cm³/mol. The first kappa shape index (κ1) is 22.2. The standard InChI is InChI=1S/C25H25N9O/c1-15-20(16(2)32-25(26)31-15)11-28-23-21-13-34(33-24(21)30-14-29-23)12-18-5-3-17(4-6-18)9-19-7-8-22(35)27-10-19/h3-8,10,13-14H,9,11-12H2,1-2H3,(H,27,35)(H2,26,31,32)(H,28,29,30,33). The van der Waals surface area contributed by atoms with Gasteiger partial charge in [0.05, 0.1) is 11.9 Å². The maximum atomic E-state index is 11.2. The molecule has 0 spiro atoms. The van der Waals surface area contributed by atoms with Gasteiger partial charge >= 0.3 is 0 Å². The molecule has 1 aromatic carbocycles. The summed E-state index contributed by atoms with van der Waals surface area (Å²) in [6.07, 6.45) is 5.96. The molecule has 0 saturated heterocycles. The number of benzene rings is 1. The Morgan fingerprint density at radius 2 is 1.69 bits per heavy atom. The van der Waals surface area contributed by atoms with Gasteiger partial charge in [-0.1, -0.05) is 30.3 Å². The molecule has 5 rings (SSSR count). The molecule has 0 unspecified atom stereocenters. The molecular formula is C25H25N9O. The molecule has 4 N–H and O–H groups in total. The van der Waals surface area contributed by atoms with Crippen LogP contribution in [0.2, 0.25) is 0 Å². The summed E-state index contributed by atoms with van der Waals surface area (Å²) in [5.41, 5.74) is 12.3. The summed E-state index contributed by atoms with van der Waals surface area (Å²) in [6, 6.07) is 11.8. The number of aromatic amines is 1. The minimum Gasteiger partial charge on any atom is -0.368 e. The lowest BCUT2D eigenvalue weighted by molar-refractivity contribution is 0.693. The molecule has 0 amide bonds. The lowest BCUT2D eigenvalue weighted by Crippen LogP contribution is -2.10. The van der Waals surface area contributed by atoms with Crippen molar-refractivity contribution in [2.24, 2.45) is 0 Å². The fraction of sp³-hybridized carbons (Fsp3) is 0.200. The molecule has 0 bridgehead atoms. The number of nitrogens with two attached hydrogens (primary N) is 1. The van der Waals surface area contributed by atoms with Crippen molar-refractivity contribution in [3.05, 3.63) is 99.1 Å². The number of nitrogens with zero attached hydrogens (tertiary/aromatic N) is 6. The predicted octanol–water partition coefficient (Wildman–Crippen LogP) is 2.75. The second-order valence-corrected chi connectivity index (χ2v) is 8.43. The largest absolute Gasteiger partial charge is 0.368 e. The summed E-state index contributed by atoms with van der Waals surface area (Å²) in [6.45, 7) is 4.97. The van der Waals surface area contributed by atoms with Crippen LogP contribution in [-0.2, 0) is 19.5 Å². The maximum Gasteiger partial charge on any atom is 0.247 e. The van der Waals surface area contributed by atoms with Gasteiger partial charge in [-0.2, -0.15) is 5.10 Å². The van der Waals surface area contributed by atoms with Crippen LogP contribution < -0.4 is 16.6 Å². The van der Waals surface area contributed by atoms with Crippen molar-refractivity contribution in [3.8, 4) is 0 Å². The molecule has 35 heavy (non-hydrogen) atoms. The number of rotatable bonds is 7. The quantitative estimate of drug-likeness (QED) is 0.332. The van der Waals surface area contributed by atoms with Crippen LogP contribution in [0.4, 0.5) is 11.8 Å². The van der Waals surface area contributed by atoms with E-state index in [2.05, 4.69) is 59.6 Å². The van der Waals surface area contributed by atoms with Crippen molar-refractivity contribution in [1.29, 1.82) is 0 Å². The summed E-state index contributed by atoms with van der Waals surface area (Å²) in [7, 11) is 0. The maximum absolute atomic E-state index is 11.2. The van der Waals surface area contributed by atoms with Crippen LogP contribution in [0.25, 0.3) is 11.0 Å². The highest BCUT2D eigenvalue weighted by Gasteiger charge is 2.12. The molecule has 4 heterocycles. The van der Waals surface area contributed by atoms with Gasteiger partial charge in [0.2, 0.25) is 11.5 Å². The first-order chi connectivity index (χ1) is 16.9. The number of hydrogen-bond donors (Lipinski definition) is 3. The Morgan fingerprint density at radius 3 is 2.40 bits per heavy atom. The minimum atomic E-state index is -0.0942. The molecule has 176 valence electrons. The van der Waals surface area contributed by atoms with Crippen molar-refractivity contribution in [2.75, 3.05) is 11.1 Å². The lowest BCUT2D eigenvalue weighted by atomic mass is 10.0. The topological polar surface area (TPSA) is 140 Å². The summed E-state index contributed by atoms with van der Waals surface area (Å²) < 4.78 is 1.87. The number of anilines is 2. The van der Waals surface area contributed by atoms with Crippen LogP contribution in [-0.4, -0.2) is 34.7 Å². The Balaban J connectivity index is 1.30. The second kappa shape index (κ2) is 9.34. The van der Waals surface area contributed by atoms with E-state index in [1.165, 1.54) is 11.9 Å². The highest BCUT2D eigenvalue weighted by atomic mass is 16.1. The SMILES string of the molecule is Cc1nc(N)nc(C)c1CNc1ncnc2nn(Cc3ccc(Cc4ccc(=O)[nH]c4)cc3)cc12. The molecule has 10 heteroatoms. The summed E-state index contributed by atoms with van der Waals surface area (Å²) >= 11 is 0. The first-order valence-corrected chi connectivity index (χ1v) is 11.2. The molecule has 0 aliphatic heterocycles. The number of aromatic nitrogens is 7. The van der Waals surface area contributed by atoms with Crippen molar-refractivity contribution in [1.82, 2.24) is 34.7 Å². The van der Waals surface area contributed by atoms with Gasteiger partial charge in [0.25, 0.3) is 0 Å². The molecule has 0 aliphatic carbocycles. The number of pyridine rings is 1. The first-order valence-electron chi connectivity index (χ1n) is 11.2. The van der Waals surface area contributed by atoms with E-state index in [1.54, 1.807) is 12.3 Å². The van der Waals surface area contributed by atoms with Crippen LogP contribution in [0.15, 0.2) is 59.9 Å². The van der Waals surface area contributed by atoms with Crippen molar-refractivity contribution in [3.63, 3.8) is 0 Å². The third-order valence-corrected chi connectivity index (χ3v) is 5.86. The smallest absolute Gasteiger partial charge is 0.247 e. The zero-order valence-electron chi connectivity index (χ0n) is 19.5. The van der Waals surface area contributed by atoms with Gasteiger partial charge in [-0.15, -0.1) is 0 Å². The Kier molecular flexibility index (Phi) is 5.92. The van der Waals surface area contributed by atoms with Crippen molar-refractivity contribution in [2.45, 2.75) is 33.4 Å². The summed E-state index contributed by atoms with van der Waals surface area (Å²) in [5.74, 6) is 0.979. The van der Waals surface area contributed by atoms with E-state index in [4.69, 9.17) is 5.73 Å². The minimum absolute atomic E-state index is 0.0942. The van der Waals surface area contributed by atoms with Gasteiger partial charge in [0.1, 0.15) is 12.1 Å². The van der Waals surface area contributed by atoms with Crippen LogP contribution in [0.1, 0.15) is 33.6 Å². The van der Waals surface area contributed by atoms with Crippen LogP contribution in [0.5, 0.6) is 0 Å². The third kappa shape index (κ3) is 5.01. The molecule has 0 atom stereocenters. The number of nitrogens with one attached hydrogen (secondary N) is 2. The summed E-state index contributed by atoms with van der Waals surface area (Å²) in [4.78, 5) is 31.2. The average molecular weight is 468 g/mol. The monoisotopic (exact) mass is 467 g/mol. The molecule has 5 aromatic rings. The highest BCUT2D eigenvalue weighted by Crippen LogP contribution is 2.21. The van der Waals surface area contributed by atoms with Gasteiger partial charge < -0.3 is 16.0 Å². The van der Waals surface area contributed by atoms with E-state index in [0.29, 0.717) is 24.6 Å². The number of nitrogen functional groups attached to an aromatic ring is 1. The molecule has 0 radical (unpaired) electrons. The van der Waals surface area contributed by atoms with Crippen molar-refractivity contribution < 1.29 is 0 Å². The van der Waals surface area contributed by atoms with E-state index in [9.17, 15) is 4.79 Å². The van der Waals surface area contributed by atoms with E-state index in [1.807, 2.05) is 30.8 Å². The fourth-order valence-electron chi connectivity index (χ4n) is 4.04. The highest BCUT2D eigenvalue weighted by molar-refractivity contribution is 5.85. The Bertz CT molecular complexity index is 1510. The van der Waals surface area contributed by atoms with E-state index >= 15 is 0 Å². The van der Waals surface area contributed by atoms with E-state index < -0.39 is 0 Å². The van der Waals surface area contributed by atoms with Gasteiger partial charge in [0.15, 0.2) is 5.65 Å². The molecule has 10 nitrogen and oxygen atoms in total. The molecule has 4 aromatic heterocycles. The number of H-pyrrole nitrogens is 1. The lowest BCUT2D eigenvalue weighted by Gasteiger charge is -2.11. The average Bonchev–Trinajstić information content (AvgIpc) is 3.24. The normalized spacial score (nSPS) is 11.1. The van der Waals surface area contributed by atoms with Crippen LogP contribution >= 0.6 is 0 Å². The fourth-order valence-corrected chi connectivity index (χ4v) is 4.04. The molecule has 0 aliphatic rings. The van der Waals surface area contributed by atoms with Crippen LogP contribution in [0.3, 0.4) is 0 Å². The van der Waals surface area contributed by atoms with E-state index in [0.717, 1.165) is 39.9 Å². The van der Waals surface area contributed by atoms with Gasteiger partial charge in [-0.05, 0) is 37.0 Å². The summed E-state index contributed by atoms with van der Waals surface area (Å²) in [5, 5.41) is 8.83. The number of fused-ring (bicyclic) bond motifs is 1. The zero-order chi connectivity index (χ0) is 24.4. The zero-order valence-corrected chi connectivity index (χ0v) is 19.5. The van der Waals surface area contributed by atoms with Crippen molar-refractivity contribution >= 4 is 22.8 Å². The van der Waals surface area contributed by atoms with Gasteiger partial charge in [-0.3, -0.25) is 9.48 Å².